The zero-order chi connectivity index (χ0) is 11.8. The third-order valence-corrected chi connectivity index (χ3v) is 4.49. The van der Waals surface area contributed by atoms with Gasteiger partial charge in [0.05, 0.1) is 15.4 Å². The number of hydrogen-bond acceptors (Lipinski definition) is 3. The van der Waals surface area contributed by atoms with Gasteiger partial charge in [0.25, 0.3) is 0 Å². The number of thiophene rings is 1. The van der Waals surface area contributed by atoms with E-state index in [1.807, 2.05) is 18.2 Å². The Balaban J connectivity index is 1.90. The van der Waals surface area contributed by atoms with Gasteiger partial charge in [-0.2, -0.15) is 5.26 Å². The van der Waals surface area contributed by atoms with E-state index in [1.54, 1.807) is 17.4 Å². The van der Waals surface area contributed by atoms with E-state index in [0.717, 1.165) is 21.5 Å². The number of hydrogen-bond donors (Lipinski definition) is 0. The second-order valence-corrected chi connectivity index (χ2v) is 6.38. The van der Waals surface area contributed by atoms with Gasteiger partial charge in [0.2, 0.25) is 0 Å². The molecule has 0 amide bonds. The molecule has 1 aromatic heterocycles. The maximum absolute atomic E-state index is 8.86. The van der Waals surface area contributed by atoms with E-state index >= 15 is 0 Å². The molecule has 2 aromatic rings. The van der Waals surface area contributed by atoms with Crippen LogP contribution in [0.4, 0.5) is 0 Å². The van der Waals surface area contributed by atoms with Crippen molar-refractivity contribution in [3.05, 3.63) is 50.1 Å². The molecule has 0 aliphatic carbocycles. The summed E-state index contributed by atoms with van der Waals surface area (Å²) in [6.07, 6.45) is 0.938. The molecule has 17 heavy (non-hydrogen) atoms. The van der Waals surface area contributed by atoms with Crippen LogP contribution >= 0.6 is 27.3 Å². The normalized spacial score (nSPS) is 17.3. The standard InChI is InChI=1S/C13H8BrNOS/c14-13-4-3-12(17-13)11-6-9-5-8(7-15)1-2-10(9)16-11/h1-5,11H,6H2/t11-/m0/s1. The first-order valence-electron chi connectivity index (χ1n) is 5.21. The van der Waals surface area contributed by atoms with E-state index in [9.17, 15) is 0 Å². The van der Waals surface area contributed by atoms with Gasteiger partial charge in [-0.1, -0.05) is 0 Å². The molecule has 3 rings (SSSR count). The van der Waals surface area contributed by atoms with Crippen molar-refractivity contribution in [2.24, 2.45) is 0 Å². The van der Waals surface area contributed by atoms with Crippen LogP contribution < -0.4 is 4.74 Å². The number of benzene rings is 1. The fraction of sp³-hybridized carbons (Fsp3) is 0.154. The molecule has 0 fully saturated rings. The average Bonchev–Trinajstić information content (AvgIpc) is 2.93. The first-order chi connectivity index (χ1) is 8.26. The highest BCUT2D eigenvalue weighted by molar-refractivity contribution is 9.11. The third kappa shape index (κ3) is 1.97. The molecule has 0 saturated heterocycles. The highest BCUT2D eigenvalue weighted by Crippen LogP contribution is 2.40. The molecule has 4 heteroatoms. The predicted molar refractivity (Wildman–Crippen MR) is 70.2 cm³/mol. The van der Waals surface area contributed by atoms with Gasteiger partial charge in [0.1, 0.15) is 11.9 Å². The molecule has 1 aliphatic heterocycles. The maximum atomic E-state index is 8.86. The molecule has 0 saturated carbocycles. The van der Waals surface area contributed by atoms with E-state index in [1.165, 1.54) is 4.88 Å². The van der Waals surface area contributed by atoms with Gasteiger partial charge in [-0.15, -0.1) is 11.3 Å². The number of nitriles is 1. The quantitative estimate of drug-likeness (QED) is 0.796. The lowest BCUT2D eigenvalue weighted by Crippen LogP contribution is -1.99. The van der Waals surface area contributed by atoms with Crippen LogP contribution in [0.1, 0.15) is 22.1 Å². The summed E-state index contributed by atoms with van der Waals surface area (Å²) in [5.41, 5.74) is 1.82. The largest absolute Gasteiger partial charge is 0.484 e. The third-order valence-electron chi connectivity index (χ3n) is 2.78. The molecule has 0 N–H and O–H groups in total. The Labute approximate surface area is 112 Å². The number of rotatable bonds is 1. The molecule has 1 aromatic carbocycles. The Kier molecular flexibility index (Phi) is 2.65. The highest BCUT2D eigenvalue weighted by atomic mass is 79.9. The first kappa shape index (κ1) is 10.8. The van der Waals surface area contributed by atoms with Crippen molar-refractivity contribution in [3.8, 4) is 11.8 Å². The van der Waals surface area contributed by atoms with Gasteiger partial charge in [0, 0.05) is 11.3 Å². The monoisotopic (exact) mass is 305 g/mol. The van der Waals surface area contributed by atoms with E-state index in [-0.39, 0.29) is 6.10 Å². The van der Waals surface area contributed by atoms with Gasteiger partial charge >= 0.3 is 0 Å². The van der Waals surface area contributed by atoms with Gasteiger partial charge in [-0.05, 0) is 51.8 Å². The van der Waals surface area contributed by atoms with Crippen molar-refractivity contribution in [2.75, 3.05) is 0 Å². The fourth-order valence-corrected chi connectivity index (χ4v) is 3.43. The second kappa shape index (κ2) is 4.17. The van der Waals surface area contributed by atoms with Crippen LogP contribution in [0.2, 0.25) is 0 Å². The molecule has 84 valence electrons. The molecule has 1 aliphatic rings. The Bertz CT molecular complexity index is 614. The summed E-state index contributed by atoms with van der Waals surface area (Å²) < 4.78 is 7.00. The van der Waals surface area contributed by atoms with Crippen LogP contribution in [0.5, 0.6) is 5.75 Å². The van der Waals surface area contributed by atoms with Crippen molar-refractivity contribution in [3.63, 3.8) is 0 Å². The summed E-state index contributed by atoms with van der Waals surface area (Å²) in [6.45, 7) is 0. The second-order valence-electron chi connectivity index (χ2n) is 3.89. The molecule has 0 unspecified atom stereocenters. The lowest BCUT2D eigenvalue weighted by atomic mass is 10.1. The van der Waals surface area contributed by atoms with Gasteiger partial charge in [0.15, 0.2) is 0 Å². The minimum Gasteiger partial charge on any atom is -0.484 e. The smallest absolute Gasteiger partial charge is 0.137 e. The molecular formula is C13H8BrNOS. The Morgan fingerprint density at radius 1 is 1.35 bits per heavy atom. The van der Waals surface area contributed by atoms with Crippen molar-refractivity contribution in [1.29, 1.82) is 5.26 Å². The maximum Gasteiger partial charge on any atom is 0.137 e. The lowest BCUT2D eigenvalue weighted by Gasteiger charge is -2.07. The zero-order valence-corrected chi connectivity index (χ0v) is 11.2. The fourth-order valence-electron chi connectivity index (χ4n) is 1.98. The predicted octanol–water partition coefficient (Wildman–Crippen LogP) is 4.06. The van der Waals surface area contributed by atoms with Crippen molar-refractivity contribution in [1.82, 2.24) is 0 Å². The van der Waals surface area contributed by atoms with Crippen LogP contribution in [0, 0.1) is 11.3 Å². The summed E-state index contributed by atoms with van der Waals surface area (Å²) in [4.78, 5) is 1.21. The number of fused-ring (bicyclic) bond motifs is 1. The molecule has 1 atom stereocenters. The van der Waals surface area contributed by atoms with Gasteiger partial charge < -0.3 is 4.74 Å². The molecule has 0 bridgehead atoms. The minimum atomic E-state index is 0.0928. The topological polar surface area (TPSA) is 33.0 Å². The van der Waals surface area contributed by atoms with E-state index in [2.05, 4.69) is 28.1 Å². The SMILES string of the molecule is N#Cc1ccc2c(c1)C[C@@H](c1ccc(Br)s1)O2. The number of nitrogens with zero attached hydrogens (tertiary/aromatic N) is 1. The van der Waals surface area contributed by atoms with Crippen LogP contribution in [0.15, 0.2) is 34.1 Å². The van der Waals surface area contributed by atoms with Gasteiger partial charge in [-0.3, -0.25) is 0 Å². The van der Waals surface area contributed by atoms with Crippen LogP contribution in [0.3, 0.4) is 0 Å². The molecular weight excluding hydrogens is 298 g/mol. The molecule has 0 radical (unpaired) electrons. The van der Waals surface area contributed by atoms with Crippen LogP contribution in [-0.2, 0) is 6.42 Å². The zero-order valence-electron chi connectivity index (χ0n) is 8.81. The number of halogens is 1. The Hall–Kier alpha value is -1.31. The lowest BCUT2D eigenvalue weighted by molar-refractivity contribution is 0.243. The minimum absolute atomic E-state index is 0.0928. The Morgan fingerprint density at radius 2 is 2.24 bits per heavy atom. The van der Waals surface area contributed by atoms with Crippen LogP contribution in [0.25, 0.3) is 0 Å². The van der Waals surface area contributed by atoms with E-state index in [4.69, 9.17) is 10.00 Å². The summed E-state index contributed by atoms with van der Waals surface area (Å²) >= 11 is 5.15. The van der Waals surface area contributed by atoms with Gasteiger partial charge in [-0.25, -0.2) is 0 Å². The molecule has 0 spiro atoms. The summed E-state index contributed by atoms with van der Waals surface area (Å²) in [5.74, 6) is 0.901. The van der Waals surface area contributed by atoms with Crippen molar-refractivity contribution >= 4 is 27.3 Å². The summed E-state index contributed by atoms with van der Waals surface area (Å²) in [5, 5.41) is 8.86. The van der Waals surface area contributed by atoms with Crippen LogP contribution in [-0.4, -0.2) is 0 Å². The number of ether oxygens (including phenoxy) is 1. The van der Waals surface area contributed by atoms with Crippen molar-refractivity contribution in [2.45, 2.75) is 12.5 Å². The Morgan fingerprint density at radius 3 is 2.94 bits per heavy atom. The summed E-state index contributed by atoms with van der Waals surface area (Å²) in [6, 6.07) is 11.9. The van der Waals surface area contributed by atoms with E-state index < -0.39 is 0 Å². The highest BCUT2D eigenvalue weighted by Gasteiger charge is 2.25. The summed E-state index contributed by atoms with van der Waals surface area (Å²) in [7, 11) is 0. The average molecular weight is 306 g/mol. The molecule has 2 heterocycles. The molecule has 2 nitrogen and oxygen atoms in total. The van der Waals surface area contributed by atoms with Crippen molar-refractivity contribution < 1.29 is 4.74 Å². The first-order valence-corrected chi connectivity index (χ1v) is 6.82. The van der Waals surface area contributed by atoms with E-state index in [0.29, 0.717) is 5.56 Å².